The maximum Gasteiger partial charge on any atom is 0.244 e. The lowest BCUT2D eigenvalue weighted by Crippen LogP contribution is -2.52. The maximum absolute atomic E-state index is 13.9. The van der Waals surface area contributed by atoms with Crippen LogP contribution in [0, 0.1) is 0 Å². The fourth-order valence-corrected chi connectivity index (χ4v) is 5.33. The van der Waals surface area contributed by atoms with E-state index in [-0.39, 0.29) is 30.3 Å². The monoisotopic (exact) mass is 599 g/mol. The molecule has 1 atom stereocenters. The number of nitrogens with one attached hydrogen (secondary N) is 1. The number of carbonyl (C=O) groups excluding carboxylic acids is 3. The number of sulfonamides is 1. The van der Waals surface area contributed by atoms with Gasteiger partial charge in [0, 0.05) is 30.0 Å². The van der Waals surface area contributed by atoms with Gasteiger partial charge in [0.15, 0.2) is 5.78 Å². The number of hydrogen-bond acceptors (Lipinski definition) is 5. The molecule has 2 amide bonds. The molecule has 0 heterocycles. The van der Waals surface area contributed by atoms with Gasteiger partial charge >= 0.3 is 0 Å². The molecule has 200 valence electrons. The number of anilines is 1. The lowest BCUT2D eigenvalue weighted by molar-refractivity contribution is -0.139. The molecule has 10 heteroatoms. The van der Waals surface area contributed by atoms with E-state index in [9.17, 15) is 22.8 Å². The second-order valence-corrected chi connectivity index (χ2v) is 11.7. The second kappa shape index (κ2) is 12.8. The van der Waals surface area contributed by atoms with Gasteiger partial charge in [-0.3, -0.25) is 18.7 Å². The van der Waals surface area contributed by atoms with Gasteiger partial charge in [-0.25, -0.2) is 8.42 Å². The number of benzene rings is 3. The van der Waals surface area contributed by atoms with E-state index in [1.54, 1.807) is 12.1 Å². The molecule has 0 spiro atoms. The Morgan fingerprint density at radius 3 is 2.18 bits per heavy atom. The van der Waals surface area contributed by atoms with E-state index in [4.69, 9.17) is 0 Å². The molecule has 0 aliphatic carbocycles. The van der Waals surface area contributed by atoms with Gasteiger partial charge in [0.25, 0.3) is 0 Å². The first-order valence-electron chi connectivity index (χ1n) is 11.9. The molecule has 38 heavy (non-hydrogen) atoms. The molecule has 0 aromatic heterocycles. The fourth-order valence-electron chi connectivity index (χ4n) is 4.05. The van der Waals surface area contributed by atoms with E-state index in [0.717, 1.165) is 26.2 Å². The van der Waals surface area contributed by atoms with Gasteiger partial charge in [0.2, 0.25) is 21.8 Å². The molecule has 0 aliphatic heterocycles. The summed E-state index contributed by atoms with van der Waals surface area (Å²) in [6.45, 7) is 0.914. The topological polar surface area (TPSA) is 104 Å². The van der Waals surface area contributed by atoms with Crippen molar-refractivity contribution in [2.45, 2.75) is 25.9 Å². The number of Topliss-reactive ketones (excluding diaryl/α,β-unsaturated/α-hetero) is 1. The van der Waals surface area contributed by atoms with E-state index in [1.807, 2.05) is 54.6 Å². The lowest BCUT2D eigenvalue weighted by Gasteiger charge is -2.33. The molecule has 0 unspecified atom stereocenters. The third kappa shape index (κ3) is 7.75. The van der Waals surface area contributed by atoms with Crippen molar-refractivity contribution in [2.24, 2.45) is 0 Å². The molecular weight excluding hydrogens is 570 g/mol. The zero-order valence-electron chi connectivity index (χ0n) is 21.4. The van der Waals surface area contributed by atoms with Crippen LogP contribution >= 0.6 is 15.9 Å². The number of hydrogen-bond donors (Lipinski definition) is 1. The minimum Gasteiger partial charge on any atom is -0.357 e. The number of ketones is 1. The number of likely N-dealkylation sites (N-methyl/N-ethyl adjacent to an activating group) is 1. The van der Waals surface area contributed by atoms with Crippen molar-refractivity contribution in [3.8, 4) is 0 Å². The second-order valence-electron chi connectivity index (χ2n) is 8.85. The Morgan fingerprint density at radius 2 is 1.58 bits per heavy atom. The normalized spacial score (nSPS) is 11.9. The Balaban J connectivity index is 2.04. The Bertz CT molecular complexity index is 1410. The summed E-state index contributed by atoms with van der Waals surface area (Å²) in [6, 6.07) is 21.9. The number of rotatable bonds is 11. The van der Waals surface area contributed by atoms with Crippen molar-refractivity contribution in [2.75, 3.05) is 24.2 Å². The zero-order valence-corrected chi connectivity index (χ0v) is 23.8. The van der Waals surface area contributed by atoms with Crippen LogP contribution in [0.15, 0.2) is 83.3 Å². The molecule has 0 radical (unpaired) electrons. The highest BCUT2D eigenvalue weighted by molar-refractivity contribution is 9.10. The highest BCUT2D eigenvalue weighted by atomic mass is 79.9. The van der Waals surface area contributed by atoms with Crippen LogP contribution in [-0.4, -0.2) is 56.8 Å². The molecule has 0 bridgehead atoms. The smallest absolute Gasteiger partial charge is 0.244 e. The third-order valence-corrected chi connectivity index (χ3v) is 7.61. The summed E-state index contributed by atoms with van der Waals surface area (Å²) in [4.78, 5) is 40.3. The molecule has 0 fully saturated rings. The first-order chi connectivity index (χ1) is 18.0. The van der Waals surface area contributed by atoms with Crippen molar-refractivity contribution in [1.29, 1.82) is 0 Å². The fraction of sp³-hybridized carbons (Fsp3) is 0.250. The van der Waals surface area contributed by atoms with Crippen LogP contribution in [0.25, 0.3) is 0 Å². The molecule has 3 rings (SSSR count). The first-order valence-corrected chi connectivity index (χ1v) is 14.5. The number of amides is 2. The highest BCUT2D eigenvalue weighted by Crippen LogP contribution is 2.22. The van der Waals surface area contributed by atoms with E-state index in [0.29, 0.717) is 5.56 Å². The summed E-state index contributed by atoms with van der Waals surface area (Å²) >= 11 is 3.44. The molecule has 1 N–H and O–H groups in total. The van der Waals surface area contributed by atoms with E-state index in [2.05, 4.69) is 21.2 Å². The summed E-state index contributed by atoms with van der Waals surface area (Å²) in [5, 5.41) is 2.64. The van der Waals surface area contributed by atoms with Crippen LogP contribution in [0.1, 0.15) is 28.4 Å². The van der Waals surface area contributed by atoms with Gasteiger partial charge in [-0.1, -0.05) is 70.5 Å². The van der Waals surface area contributed by atoms with Gasteiger partial charge in [0.1, 0.15) is 12.6 Å². The summed E-state index contributed by atoms with van der Waals surface area (Å²) in [5.74, 6) is -1.17. The highest BCUT2D eigenvalue weighted by Gasteiger charge is 2.32. The van der Waals surface area contributed by atoms with Gasteiger partial charge in [-0.2, -0.15) is 0 Å². The number of halogens is 1. The predicted molar refractivity (Wildman–Crippen MR) is 151 cm³/mol. The number of nitrogens with zero attached hydrogens (tertiary/aromatic N) is 2. The van der Waals surface area contributed by atoms with Gasteiger partial charge in [0.05, 0.1) is 11.9 Å². The van der Waals surface area contributed by atoms with Crippen LogP contribution in [0.5, 0.6) is 0 Å². The number of carbonyl (C=O) groups is 3. The summed E-state index contributed by atoms with van der Waals surface area (Å²) in [5.41, 5.74) is 2.12. The molecule has 0 saturated carbocycles. The summed E-state index contributed by atoms with van der Waals surface area (Å²) in [7, 11) is -2.41. The Labute approximate surface area is 231 Å². The summed E-state index contributed by atoms with van der Waals surface area (Å²) in [6.07, 6.45) is 1.23. The first kappa shape index (κ1) is 29.1. The minimum atomic E-state index is -3.91. The van der Waals surface area contributed by atoms with Crippen LogP contribution in [0.4, 0.5) is 5.69 Å². The largest absolute Gasteiger partial charge is 0.357 e. The van der Waals surface area contributed by atoms with E-state index >= 15 is 0 Å². The van der Waals surface area contributed by atoms with Crippen molar-refractivity contribution < 1.29 is 22.8 Å². The Hall–Kier alpha value is -3.50. The lowest BCUT2D eigenvalue weighted by atomic mass is 10.0. The van der Waals surface area contributed by atoms with Gasteiger partial charge in [-0.15, -0.1) is 0 Å². The Kier molecular flexibility index (Phi) is 9.82. The molecule has 3 aromatic carbocycles. The van der Waals surface area contributed by atoms with Crippen LogP contribution in [0.3, 0.4) is 0 Å². The van der Waals surface area contributed by atoms with E-state index in [1.165, 1.54) is 31.0 Å². The average Bonchev–Trinajstić information content (AvgIpc) is 2.88. The molecule has 8 nitrogen and oxygen atoms in total. The predicted octanol–water partition coefficient (Wildman–Crippen LogP) is 3.80. The van der Waals surface area contributed by atoms with Gasteiger partial charge < -0.3 is 10.2 Å². The SMILES string of the molecule is CNC(=O)[C@@H](Cc1ccccc1)N(Cc1cccc(Br)c1)C(=O)CN(c1cccc(C(C)=O)c1)S(C)(=O)=O. The Morgan fingerprint density at radius 1 is 0.921 bits per heavy atom. The molecular formula is C28H30BrN3O5S. The van der Waals surface area contributed by atoms with E-state index < -0.39 is 28.5 Å². The minimum absolute atomic E-state index is 0.0777. The molecule has 0 aliphatic rings. The quantitative estimate of drug-likeness (QED) is 0.338. The van der Waals surface area contributed by atoms with Crippen LogP contribution in [-0.2, 0) is 32.6 Å². The standard InChI is InChI=1S/C28H30BrN3O5S/c1-20(33)23-12-8-14-25(17-23)32(38(3,36)37)19-27(34)31(18-22-11-7-13-24(29)15-22)26(28(35)30-2)16-21-9-5-4-6-10-21/h4-15,17,26H,16,18-19H2,1-3H3,(H,30,35)/t26-/m1/s1. The van der Waals surface area contributed by atoms with Crippen molar-refractivity contribution in [1.82, 2.24) is 10.2 Å². The van der Waals surface area contributed by atoms with Crippen LogP contribution < -0.4 is 9.62 Å². The van der Waals surface area contributed by atoms with Crippen LogP contribution in [0.2, 0.25) is 0 Å². The summed E-state index contributed by atoms with van der Waals surface area (Å²) < 4.78 is 27.4. The van der Waals surface area contributed by atoms with Crippen molar-refractivity contribution in [3.63, 3.8) is 0 Å². The average molecular weight is 601 g/mol. The van der Waals surface area contributed by atoms with Gasteiger partial charge in [-0.05, 0) is 42.3 Å². The van der Waals surface area contributed by atoms with Crippen molar-refractivity contribution in [3.05, 3.63) is 100 Å². The van der Waals surface area contributed by atoms with Crippen molar-refractivity contribution >= 4 is 49.2 Å². The molecule has 3 aromatic rings. The zero-order chi connectivity index (χ0) is 27.9. The molecule has 0 saturated heterocycles. The maximum atomic E-state index is 13.9. The third-order valence-electron chi connectivity index (χ3n) is 5.98.